The lowest BCUT2D eigenvalue weighted by Crippen LogP contribution is -2.50. The fourth-order valence-electron chi connectivity index (χ4n) is 2.72. The summed E-state index contributed by atoms with van der Waals surface area (Å²) in [6.07, 6.45) is 4.08. The highest BCUT2D eigenvalue weighted by Gasteiger charge is 2.38. The summed E-state index contributed by atoms with van der Waals surface area (Å²) in [6, 6.07) is -0.432. The van der Waals surface area contributed by atoms with Gasteiger partial charge in [0.05, 0.1) is 12.4 Å². The van der Waals surface area contributed by atoms with Crippen LogP contribution in [0, 0.1) is 5.92 Å². The number of hydrogen-bond donors (Lipinski definition) is 1. The van der Waals surface area contributed by atoms with Gasteiger partial charge in [0.25, 0.3) is 0 Å². The second kappa shape index (κ2) is 7.15. The summed E-state index contributed by atoms with van der Waals surface area (Å²) in [6.45, 7) is -0.0154. The van der Waals surface area contributed by atoms with Gasteiger partial charge in [-0.3, -0.25) is 14.4 Å². The molecule has 6 nitrogen and oxygen atoms in total. The topological polar surface area (TPSA) is 69.7 Å². The van der Waals surface area contributed by atoms with Crippen LogP contribution in [0.1, 0.15) is 25.7 Å². The summed E-state index contributed by atoms with van der Waals surface area (Å²) in [5.74, 6) is 1.01. The zero-order valence-electron chi connectivity index (χ0n) is 12.6. The number of rotatable bonds is 4. The lowest BCUT2D eigenvalue weighted by molar-refractivity contribution is -0.141. The monoisotopic (exact) mass is 313 g/mol. The van der Waals surface area contributed by atoms with Crippen LogP contribution in [0.3, 0.4) is 0 Å². The minimum Gasteiger partial charge on any atom is -0.347 e. The van der Waals surface area contributed by atoms with Crippen LogP contribution in [0.25, 0.3) is 0 Å². The molecule has 1 aliphatic heterocycles. The van der Waals surface area contributed by atoms with E-state index in [9.17, 15) is 14.4 Å². The van der Waals surface area contributed by atoms with Crippen molar-refractivity contribution in [3.05, 3.63) is 0 Å². The van der Waals surface area contributed by atoms with E-state index in [0.29, 0.717) is 11.6 Å². The Bertz CT molecular complexity index is 422. The third-order valence-corrected chi connectivity index (χ3v) is 5.10. The van der Waals surface area contributed by atoms with Crippen LogP contribution in [0.15, 0.2) is 0 Å². The lowest BCUT2D eigenvalue weighted by Gasteiger charge is -2.25. The van der Waals surface area contributed by atoms with Gasteiger partial charge in [-0.1, -0.05) is 12.8 Å². The molecular formula is C14H23N3O3S. The Morgan fingerprint density at radius 2 is 1.90 bits per heavy atom. The average Bonchev–Trinajstić information content (AvgIpc) is 3.13. The Balaban J connectivity index is 1.90. The number of likely N-dealkylation sites (N-methyl/N-ethyl adjacent to an activating group) is 1. The van der Waals surface area contributed by atoms with Crippen LogP contribution >= 0.6 is 11.8 Å². The highest BCUT2D eigenvalue weighted by Crippen LogP contribution is 2.30. The Morgan fingerprint density at radius 3 is 2.52 bits per heavy atom. The van der Waals surface area contributed by atoms with E-state index in [0.717, 1.165) is 25.7 Å². The van der Waals surface area contributed by atoms with Gasteiger partial charge >= 0.3 is 0 Å². The van der Waals surface area contributed by atoms with Crippen LogP contribution in [-0.4, -0.2) is 65.8 Å². The minimum absolute atomic E-state index is 0.0154. The second-order valence-electron chi connectivity index (χ2n) is 5.81. The summed E-state index contributed by atoms with van der Waals surface area (Å²) < 4.78 is 0. The molecule has 1 aliphatic carbocycles. The second-order valence-corrected chi connectivity index (χ2v) is 6.81. The van der Waals surface area contributed by atoms with Gasteiger partial charge in [0, 0.05) is 25.8 Å². The molecule has 0 aromatic heterocycles. The molecule has 7 heteroatoms. The number of amides is 3. The van der Waals surface area contributed by atoms with Gasteiger partial charge in [-0.05, 0) is 12.8 Å². The zero-order chi connectivity index (χ0) is 15.4. The van der Waals surface area contributed by atoms with Crippen LogP contribution in [0.4, 0.5) is 0 Å². The maximum absolute atomic E-state index is 12.5. The van der Waals surface area contributed by atoms with Gasteiger partial charge in [0.1, 0.15) is 6.04 Å². The standard InChI is InChI=1S/C14H23N3O3S/c1-16(2)12(18)7-15-13(19)11-8-21-9-17(11)14(20)10-5-3-4-6-10/h10-11H,3-9H2,1-2H3,(H,15,19)/t11-/m0/s1. The normalized spacial score (nSPS) is 22.4. The number of carbonyl (C=O) groups excluding carboxylic acids is 3. The van der Waals surface area contributed by atoms with Crippen molar-refractivity contribution < 1.29 is 14.4 Å². The molecule has 2 fully saturated rings. The van der Waals surface area contributed by atoms with E-state index in [1.54, 1.807) is 30.8 Å². The SMILES string of the molecule is CN(C)C(=O)CNC(=O)[C@@H]1CSCN1C(=O)C1CCCC1. The number of nitrogens with zero attached hydrogens (tertiary/aromatic N) is 2. The van der Waals surface area contributed by atoms with Gasteiger partial charge in [-0.2, -0.15) is 0 Å². The highest BCUT2D eigenvalue weighted by molar-refractivity contribution is 7.99. The van der Waals surface area contributed by atoms with E-state index in [4.69, 9.17) is 0 Å². The Hall–Kier alpha value is -1.24. The third kappa shape index (κ3) is 3.90. The number of thioether (sulfide) groups is 1. The molecular weight excluding hydrogens is 290 g/mol. The van der Waals surface area contributed by atoms with Gasteiger partial charge < -0.3 is 15.1 Å². The summed E-state index contributed by atoms with van der Waals surface area (Å²) in [7, 11) is 3.30. The molecule has 0 unspecified atom stereocenters. The molecule has 0 aromatic rings. The molecule has 2 aliphatic rings. The molecule has 1 saturated carbocycles. The quantitative estimate of drug-likeness (QED) is 0.809. The van der Waals surface area contributed by atoms with Crippen molar-refractivity contribution in [1.82, 2.24) is 15.1 Å². The maximum Gasteiger partial charge on any atom is 0.244 e. The first-order chi connectivity index (χ1) is 10.0. The first kappa shape index (κ1) is 16.1. The largest absolute Gasteiger partial charge is 0.347 e. The number of nitrogens with one attached hydrogen (secondary N) is 1. The molecule has 0 aromatic carbocycles. The van der Waals surface area contributed by atoms with Crippen molar-refractivity contribution in [2.24, 2.45) is 5.92 Å². The van der Waals surface area contributed by atoms with E-state index >= 15 is 0 Å². The number of carbonyl (C=O) groups is 3. The Morgan fingerprint density at radius 1 is 1.24 bits per heavy atom. The molecule has 118 valence electrons. The summed E-state index contributed by atoms with van der Waals surface area (Å²) in [4.78, 5) is 39.3. The molecule has 1 heterocycles. The van der Waals surface area contributed by atoms with E-state index in [2.05, 4.69) is 5.32 Å². The molecule has 2 rings (SSSR count). The third-order valence-electron chi connectivity index (χ3n) is 4.09. The molecule has 1 N–H and O–H groups in total. The summed E-state index contributed by atoms with van der Waals surface area (Å²) in [5.41, 5.74) is 0. The van der Waals surface area contributed by atoms with Crippen LogP contribution in [-0.2, 0) is 14.4 Å². The van der Waals surface area contributed by atoms with E-state index in [-0.39, 0.29) is 30.2 Å². The predicted molar refractivity (Wildman–Crippen MR) is 81.6 cm³/mol. The van der Waals surface area contributed by atoms with Crippen molar-refractivity contribution in [3.63, 3.8) is 0 Å². The first-order valence-corrected chi connectivity index (χ1v) is 8.52. The molecule has 0 bridgehead atoms. The summed E-state index contributed by atoms with van der Waals surface area (Å²) >= 11 is 1.60. The minimum atomic E-state index is -0.432. The van der Waals surface area contributed by atoms with E-state index in [1.807, 2.05) is 0 Å². The molecule has 0 radical (unpaired) electrons. The molecule has 3 amide bonds. The van der Waals surface area contributed by atoms with Crippen molar-refractivity contribution in [2.45, 2.75) is 31.7 Å². The fraction of sp³-hybridized carbons (Fsp3) is 0.786. The van der Waals surface area contributed by atoms with Crippen molar-refractivity contribution in [2.75, 3.05) is 32.3 Å². The Kier molecular flexibility index (Phi) is 5.50. The predicted octanol–water partition coefficient (Wildman–Crippen LogP) is 0.283. The summed E-state index contributed by atoms with van der Waals surface area (Å²) in [5, 5.41) is 2.64. The zero-order valence-corrected chi connectivity index (χ0v) is 13.4. The molecule has 0 spiro atoms. The van der Waals surface area contributed by atoms with Gasteiger partial charge in [0.15, 0.2) is 0 Å². The number of hydrogen-bond acceptors (Lipinski definition) is 4. The van der Waals surface area contributed by atoms with Crippen molar-refractivity contribution in [3.8, 4) is 0 Å². The molecule has 1 saturated heterocycles. The van der Waals surface area contributed by atoms with Crippen molar-refractivity contribution >= 4 is 29.5 Å². The average molecular weight is 313 g/mol. The molecule has 21 heavy (non-hydrogen) atoms. The van der Waals surface area contributed by atoms with Crippen molar-refractivity contribution in [1.29, 1.82) is 0 Å². The van der Waals surface area contributed by atoms with Crippen LogP contribution in [0.2, 0.25) is 0 Å². The van der Waals surface area contributed by atoms with Gasteiger partial charge in [-0.25, -0.2) is 0 Å². The Labute approximate surface area is 129 Å². The molecule has 1 atom stereocenters. The van der Waals surface area contributed by atoms with Gasteiger partial charge in [0.2, 0.25) is 17.7 Å². The van der Waals surface area contributed by atoms with Crippen LogP contribution < -0.4 is 5.32 Å². The van der Waals surface area contributed by atoms with E-state index in [1.165, 1.54) is 4.90 Å². The maximum atomic E-state index is 12.5. The smallest absolute Gasteiger partial charge is 0.244 e. The lowest BCUT2D eigenvalue weighted by atomic mass is 10.1. The van der Waals surface area contributed by atoms with Gasteiger partial charge in [-0.15, -0.1) is 11.8 Å². The van der Waals surface area contributed by atoms with Crippen LogP contribution in [0.5, 0.6) is 0 Å². The fourth-order valence-corrected chi connectivity index (χ4v) is 3.89. The highest BCUT2D eigenvalue weighted by atomic mass is 32.2. The van der Waals surface area contributed by atoms with E-state index < -0.39 is 6.04 Å². The first-order valence-electron chi connectivity index (χ1n) is 7.36.